The third-order valence-electron chi connectivity index (χ3n) is 4.68. The van der Waals surface area contributed by atoms with Crippen molar-refractivity contribution in [3.8, 4) is 0 Å². The number of ketones is 1. The minimum absolute atomic E-state index is 0.133. The van der Waals surface area contributed by atoms with E-state index in [1.165, 1.54) is 5.56 Å². The molecule has 0 spiro atoms. The average Bonchev–Trinajstić information content (AvgIpc) is 2.91. The number of hydrogen-bond donors (Lipinski definition) is 0. The Morgan fingerprint density at radius 3 is 2.24 bits per heavy atom. The van der Waals surface area contributed by atoms with E-state index in [0.717, 1.165) is 34.4 Å². The molecule has 0 aliphatic heterocycles. The Kier molecular flexibility index (Phi) is 5.10. The fourth-order valence-electron chi connectivity index (χ4n) is 3.63. The first-order valence-electron chi connectivity index (χ1n) is 8.42. The highest BCUT2D eigenvalue weighted by Crippen LogP contribution is 2.54. The summed E-state index contributed by atoms with van der Waals surface area (Å²) in [7, 11) is 0. The van der Waals surface area contributed by atoms with Gasteiger partial charge in [0.1, 0.15) is 0 Å². The molecule has 0 radical (unpaired) electrons. The number of benzene rings is 2. The average molecular weight is 346 g/mol. The van der Waals surface area contributed by atoms with Crippen LogP contribution in [0.15, 0.2) is 85.5 Å². The van der Waals surface area contributed by atoms with Gasteiger partial charge in [-0.1, -0.05) is 66.7 Å². The summed E-state index contributed by atoms with van der Waals surface area (Å²) in [6.07, 6.45) is 4.63. The van der Waals surface area contributed by atoms with E-state index in [2.05, 4.69) is 43.5 Å². The van der Waals surface area contributed by atoms with Crippen molar-refractivity contribution < 1.29 is 4.79 Å². The molecule has 1 unspecified atom stereocenters. The van der Waals surface area contributed by atoms with E-state index >= 15 is 0 Å². The minimum atomic E-state index is -0.344. The molecule has 0 saturated carbocycles. The van der Waals surface area contributed by atoms with Crippen molar-refractivity contribution in [2.24, 2.45) is 0 Å². The molecular formula is C23H22OS. The van der Waals surface area contributed by atoms with Gasteiger partial charge < -0.3 is 0 Å². The van der Waals surface area contributed by atoms with Crippen molar-refractivity contribution in [1.82, 2.24) is 0 Å². The van der Waals surface area contributed by atoms with Gasteiger partial charge >= 0.3 is 0 Å². The molecule has 1 atom stereocenters. The highest BCUT2D eigenvalue weighted by molar-refractivity contribution is 8.00. The molecule has 2 heteroatoms. The molecule has 0 aromatic heterocycles. The van der Waals surface area contributed by atoms with Gasteiger partial charge in [-0.25, -0.2) is 0 Å². The summed E-state index contributed by atoms with van der Waals surface area (Å²) in [6.45, 7) is 9.85. The third-order valence-corrected chi connectivity index (χ3v) is 6.18. The fourth-order valence-corrected chi connectivity index (χ4v) is 4.98. The smallest absolute Gasteiger partial charge is 0.189 e. The van der Waals surface area contributed by atoms with Gasteiger partial charge in [0.05, 0.1) is 4.75 Å². The second-order valence-electron chi connectivity index (χ2n) is 6.16. The minimum Gasteiger partial charge on any atom is -0.289 e. The Morgan fingerprint density at radius 1 is 0.960 bits per heavy atom. The van der Waals surface area contributed by atoms with Gasteiger partial charge in [0.15, 0.2) is 5.78 Å². The Labute approximate surface area is 154 Å². The number of rotatable bonds is 7. The number of fused-ring (bicyclic) bond motifs is 1. The molecule has 1 aliphatic rings. The quantitative estimate of drug-likeness (QED) is 0.568. The fraction of sp³-hybridized carbons (Fsp3) is 0.174. The summed E-state index contributed by atoms with van der Waals surface area (Å²) < 4.78 is -0.344. The summed E-state index contributed by atoms with van der Waals surface area (Å²) in [5, 5.41) is 0. The summed E-state index contributed by atoms with van der Waals surface area (Å²) in [5.41, 5.74) is 5.00. The molecule has 0 bridgehead atoms. The predicted octanol–water partition coefficient (Wildman–Crippen LogP) is 6.05. The zero-order valence-corrected chi connectivity index (χ0v) is 15.3. The van der Waals surface area contributed by atoms with Crippen LogP contribution in [0.4, 0.5) is 0 Å². The van der Waals surface area contributed by atoms with Crippen LogP contribution in [0, 0.1) is 0 Å². The first-order valence-corrected chi connectivity index (χ1v) is 9.41. The lowest BCUT2D eigenvalue weighted by molar-refractivity contribution is 0.103. The van der Waals surface area contributed by atoms with Crippen LogP contribution in [0.2, 0.25) is 0 Å². The van der Waals surface area contributed by atoms with E-state index in [9.17, 15) is 4.79 Å². The van der Waals surface area contributed by atoms with Gasteiger partial charge in [0, 0.05) is 16.9 Å². The van der Waals surface area contributed by atoms with Crippen LogP contribution >= 0.6 is 11.8 Å². The van der Waals surface area contributed by atoms with Crippen molar-refractivity contribution in [2.75, 3.05) is 5.75 Å². The van der Waals surface area contributed by atoms with Crippen molar-refractivity contribution >= 4 is 23.1 Å². The van der Waals surface area contributed by atoms with Crippen molar-refractivity contribution in [3.05, 3.63) is 102 Å². The summed E-state index contributed by atoms with van der Waals surface area (Å²) in [5.74, 6) is 0.935. The van der Waals surface area contributed by atoms with E-state index in [1.54, 1.807) is 0 Å². The van der Waals surface area contributed by atoms with Crippen LogP contribution in [-0.2, 0) is 4.75 Å². The maximum Gasteiger partial charge on any atom is 0.189 e. The lowest BCUT2D eigenvalue weighted by atomic mass is 9.83. The normalized spacial score (nSPS) is 15.6. The summed E-state index contributed by atoms with van der Waals surface area (Å²) in [6, 6.07) is 18.4. The Bertz CT molecular complexity index is 847. The Hall–Kier alpha value is -2.32. The zero-order valence-electron chi connectivity index (χ0n) is 14.5. The van der Waals surface area contributed by atoms with Crippen LogP contribution < -0.4 is 0 Å². The molecule has 2 aromatic rings. The molecule has 0 fully saturated rings. The molecule has 0 saturated heterocycles. The largest absolute Gasteiger partial charge is 0.289 e. The topological polar surface area (TPSA) is 17.1 Å². The van der Waals surface area contributed by atoms with E-state index in [-0.39, 0.29) is 10.5 Å². The van der Waals surface area contributed by atoms with Gasteiger partial charge in [-0.2, -0.15) is 0 Å². The first-order chi connectivity index (χ1) is 12.2. The maximum atomic E-state index is 12.8. The molecule has 1 aliphatic carbocycles. The summed E-state index contributed by atoms with van der Waals surface area (Å²) >= 11 is 1.81. The Balaban J connectivity index is 2.29. The molecule has 3 rings (SSSR count). The zero-order chi connectivity index (χ0) is 17.9. The number of thioether (sulfide) groups is 1. The van der Waals surface area contributed by atoms with Crippen molar-refractivity contribution in [1.29, 1.82) is 0 Å². The maximum absolute atomic E-state index is 12.8. The van der Waals surface area contributed by atoms with Crippen LogP contribution in [0.3, 0.4) is 0 Å². The van der Waals surface area contributed by atoms with Gasteiger partial charge in [-0.15, -0.1) is 24.9 Å². The predicted molar refractivity (Wildman–Crippen MR) is 109 cm³/mol. The highest BCUT2D eigenvalue weighted by atomic mass is 32.2. The molecule has 2 aromatic carbocycles. The van der Waals surface area contributed by atoms with Crippen molar-refractivity contribution in [3.63, 3.8) is 0 Å². The standard InChI is InChI=1S/C23H22OS/c1-4-15-23(25-16-5-2,18-11-7-6-8-12-18)21-17(3)22(24)20-14-10-9-13-19(20)21/h4-14H,1-2,15-16H2,3H3. The number of carbonyl (C=O) groups excluding carboxylic acids is 1. The number of Topliss-reactive ketones (excluding diaryl/α,β-unsaturated/α-hetero) is 1. The van der Waals surface area contributed by atoms with E-state index in [0.29, 0.717) is 0 Å². The highest BCUT2D eigenvalue weighted by Gasteiger charge is 2.42. The summed E-state index contributed by atoms with van der Waals surface area (Å²) in [4.78, 5) is 12.8. The van der Waals surface area contributed by atoms with Gasteiger partial charge in [-0.05, 0) is 30.0 Å². The SMILES string of the molecule is C=CCSC(CC=C)(C1=C(C)C(=O)c2ccccc21)c1ccccc1. The number of hydrogen-bond acceptors (Lipinski definition) is 2. The number of allylic oxidation sites excluding steroid dienone is 2. The molecule has 0 amide bonds. The van der Waals surface area contributed by atoms with E-state index in [4.69, 9.17) is 0 Å². The molecule has 126 valence electrons. The lowest BCUT2D eigenvalue weighted by Crippen LogP contribution is -2.24. The Morgan fingerprint density at radius 2 is 1.60 bits per heavy atom. The molecular weight excluding hydrogens is 324 g/mol. The second-order valence-corrected chi connectivity index (χ2v) is 7.48. The van der Waals surface area contributed by atoms with Crippen LogP contribution in [0.5, 0.6) is 0 Å². The van der Waals surface area contributed by atoms with E-state index in [1.807, 2.05) is 55.1 Å². The first kappa shape index (κ1) is 17.5. The molecule has 0 N–H and O–H groups in total. The molecule has 1 nitrogen and oxygen atoms in total. The van der Waals surface area contributed by atoms with Crippen molar-refractivity contribution in [2.45, 2.75) is 18.1 Å². The van der Waals surface area contributed by atoms with Crippen LogP contribution in [-0.4, -0.2) is 11.5 Å². The monoisotopic (exact) mass is 346 g/mol. The molecule has 0 heterocycles. The van der Waals surface area contributed by atoms with Gasteiger partial charge in [0.25, 0.3) is 0 Å². The van der Waals surface area contributed by atoms with Gasteiger partial charge in [0.2, 0.25) is 0 Å². The third kappa shape index (κ3) is 2.91. The van der Waals surface area contributed by atoms with Crippen LogP contribution in [0.25, 0.3) is 5.57 Å². The lowest BCUT2D eigenvalue weighted by Gasteiger charge is -2.35. The van der Waals surface area contributed by atoms with Crippen LogP contribution in [0.1, 0.15) is 34.8 Å². The molecule has 25 heavy (non-hydrogen) atoms. The second kappa shape index (κ2) is 7.28. The number of carbonyl (C=O) groups is 1. The van der Waals surface area contributed by atoms with E-state index < -0.39 is 0 Å². The van der Waals surface area contributed by atoms with Gasteiger partial charge in [-0.3, -0.25) is 4.79 Å².